The Bertz CT molecular complexity index is 1390. The summed E-state index contributed by atoms with van der Waals surface area (Å²) in [5.41, 5.74) is 2.76. The lowest BCUT2D eigenvalue weighted by molar-refractivity contribution is -0.120. The largest absolute Gasteiger partial charge is 0.497 e. The van der Waals surface area contributed by atoms with Crippen LogP contribution in [0.25, 0.3) is 16.3 Å². The first-order valence-corrected chi connectivity index (χ1v) is 10.6. The molecule has 162 valence electrons. The number of hydrogen-bond acceptors (Lipinski definition) is 4. The Morgan fingerprint density at radius 1 is 0.727 bits per heavy atom. The highest BCUT2D eigenvalue weighted by molar-refractivity contribution is 6.47. The van der Waals surface area contributed by atoms with Gasteiger partial charge in [-0.05, 0) is 41.3 Å². The third kappa shape index (κ3) is 3.44. The summed E-state index contributed by atoms with van der Waals surface area (Å²) in [5.74, 6) is -0.0205. The highest BCUT2D eigenvalue weighted by Crippen LogP contribution is 2.38. The van der Waals surface area contributed by atoms with Crippen molar-refractivity contribution in [3.63, 3.8) is 0 Å². The zero-order chi connectivity index (χ0) is 22.9. The molecule has 0 aromatic heterocycles. The van der Waals surface area contributed by atoms with Crippen molar-refractivity contribution in [2.75, 3.05) is 24.0 Å². The molecule has 33 heavy (non-hydrogen) atoms. The molecule has 2 amide bonds. The summed E-state index contributed by atoms with van der Waals surface area (Å²) >= 11 is 0. The van der Waals surface area contributed by atoms with Crippen LogP contribution < -0.4 is 14.5 Å². The van der Waals surface area contributed by atoms with Gasteiger partial charge in [-0.1, -0.05) is 66.7 Å². The van der Waals surface area contributed by atoms with Gasteiger partial charge in [-0.15, -0.1) is 0 Å². The van der Waals surface area contributed by atoms with Crippen LogP contribution in [0.4, 0.5) is 11.4 Å². The Morgan fingerprint density at radius 2 is 1.39 bits per heavy atom. The fraction of sp³-hybridized carbons (Fsp3) is 0.0714. The van der Waals surface area contributed by atoms with Crippen molar-refractivity contribution in [2.24, 2.45) is 0 Å². The standard InChI is InChI=1S/C28H22N2O3/c1-29(21-11-4-3-5-12-21)26-25(20-15-17-22(33-2)18-16-20)27(31)30(28(26)32)24-14-8-10-19-9-6-7-13-23(19)24/h3-18H,1-2H3. The summed E-state index contributed by atoms with van der Waals surface area (Å²) in [5, 5.41) is 1.81. The molecule has 5 nitrogen and oxygen atoms in total. The van der Waals surface area contributed by atoms with Crippen LogP contribution in [0.3, 0.4) is 0 Å². The second kappa shape index (κ2) is 8.28. The molecule has 0 unspecified atom stereocenters. The fourth-order valence-corrected chi connectivity index (χ4v) is 4.25. The first-order chi connectivity index (χ1) is 16.1. The van der Waals surface area contributed by atoms with Crippen molar-refractivity contribution in [2.45, 2.75) is 0 Å². The number of nitrogens with zero attached hydrogens (tertiary/aromatic N) is 2. The summed E-state index contributed by atoms with van der Waals surface area (Å²) in [6.07, 6.45) is 0. The maximum absolute atomic E-state index is 13.9. The number of fused-ring (bicyclic) bond motifs is 1. The van der Waals surface area contributed by atoms with Gasteiger partial charge in [-0.25, -0.2) is 4.90 Å². The van der Waals surface area contributed by atoms with E-state index in [1.165, 1.54) is 4.90 Å². The summed E-state index contributed by atoms with van der Waals surface area (Å²) < 4.78 is 5.27. The Kier molecular flexibility index (Phi) is 5.15. The van der Waals surface area contributed by atoms with Crippen LogP contribution in [0.15, 0.2) is 103 Å². The Labute approximate surface area is 192 Å². The van der Waals surface area contributed by atoms with Crippen LogP contribution in [-0.4, -0.2) is 26.0 Å². The smallest absolute Gasteiger partial charge is 0.282 e. The predicted molar refractivity (Wildman–Crippen MR) is 131 cm³/mol. The second-order valence-electron chi connectivity index (χ2n) is 7.79. The third-order valence-corrected chi connectivity index (χ3v) is 5.92. The van der Waals surface area contributed by atoms with Gasteiger partial charge in [0.05, 0.1) is 18.4 Å². The van der Waals surface area contributed by atoms with E-state index < -0.39 is 0 Å². The minimum atomic E-state index is -0.353. The Morgan fingerprint density at radius 3 is 2.12 bits per heavy atom. The number of imide groups is 1. The predicted octanol–water partition coefficient (Wildman–Crippen LogP) is 5.27. The molecule has 1 aliphatic heterocycles. The summed E-state index contributed by atoms with van der Waals surface area (Å²) in [6, 6.07) is 30.2. The van der Waals surface area contributed by atoms with Gasteiger partial charge in [0.1, 0.15) is 11.4 Å². The number of likely N-dealkylation sites (N-methyl/N-ethyl adjacent to an activating group) is 1. The number of para-hydroxylation sites is 1. The number of carbonyl (C=O) groups is 2. The highest BCUT2D eigenvalue weighted by Gasteiger charge is 2.42. The zero-order valence-corrected chi connectivity index (χ0v) is 18.4. The van der Waals surface area contributed by atoms with E-state index >= 15 is 0 Å². The molecule has 0 aliphatic carbocycles. The molecule has 0 atom stereocenters. The molecule has 5 rings (SSSR count). The van der Waals surface area contributed by atoms with E-state index in [0.29, 0.717) is 28.3 Å². The normalized spacial score (nSPS) is 13.7. The van der Waals surface area contributed by atoms with Gasteiger partial charge in [0.25, 0.3) is 11.8 Å². The lowest BCUT2D eigenvalue weighted by Crippen LogP contribution is -2.34. The molecular formula is C28H22N2O3. The minimum absolute atomic E-state index is 0.337. The second-order valence-corrected chi connectivity index (χ2v) is 7.79. The van der Waals surface area contributed by atoms with Crippen molar-refractivity contribution in [3.05, 3.63) is 108 Å². The summed E-state index contributed by atoms with van der Waals surface area (Å²) in [6.45, 7) is 0. The van der Waals surface area contributed by atoms with Crippen LogP contribution in [0.2, 0.25) is 0 Å². The van der Waals surface area contributed by atoms with Crippen molar-refractivity contribution in [3.8, 4) is 5.75 Å². The molecule has 0 saturated heterocycles. The quantitative estimate of drug-likeness (QED) is 0.402. The van der Waals surface area contributed by atoms with Crippen LogP contribution in [0.1, 0.15) is 5.56 Å². The monoisotopic (exact) mass is 434 g/mol. The number of anilines is 2. The van der Waals surface area contributed by atoms with E-state index in [1.807, 2.05) is 92.0 Å². The van der Waals surface area contributed by atoms with E-state index in [-0.39, 0.29) is 11.8 Å². The number of benzene rings is 4. The number of carbonyl (C=O) groups excluding carboxylic acids is 2. The maximum atomic E-state index is 13.9. The molecule has 0 saturated carbocycles. The van der Waals surface area contributed by atoms with Gasteiger partial charge in [-0.3, -0.25) is 9.59 Å². The first kappa shape index (κ1) is 20.5. The fourth-order valence-electron chi connectivity index (χ4n) is 4.25. The van der Waals surface area contributed by atoms with E-state index in [1.54, 1.807) is 24.1 Å². The van der Waals surface area contributed by atoms with Crippen LogP contribution in [-0.2, 0) is 9.59 Å². The highest BCUT2D eigenvalue weighted by atomic mass is 16.5. The van der Waals surface area contributed by atoms with Crippen LogP contribution in [0.5, 0.6) is 5.75 Å². The molecule has 0 N–H and O–H groups in total. The molecule has 4 aromatic rings. The zero-order valence-electron chi connectivity index (χ0n) is 18.4. The molecule has 1 heterocycles. The SMILES string of the molecule is COc1ccc(C2=C(N(C)c3ccccc3)C(=O)N(c3cccc4ccccc34)C2=O)cc1. The average Bonchev–Trinajstić information content (AvgIpc) is 3.13. The molecule has 0 bridgehead atoms. The van der Waals surface area contributed by atoms with Crippen LogP contribution >= 0.6 is 0 Å². The third-order valence-electron chi connectivity index (χ3n) is 5.92. The summed E-state index contributed by atoms with van der Waals surface area (Å²) in [7, 11) is 3.40. The van der Waals surface area contributed by atoms with Crippen molar-refractivity contribution >= 4 is 39.5 Å². The number of rotatable bonds is 5. The van der Waals surface area contributed by atoms with Crippen LogP contribution in [0, 0.1) is 0 Å². The minimum Gasteiger partial charge on any atom is -0.497 e. The van der Waals surface area contributed by atoms with E-state index in [2.05, 4.69) is 0 Å². The van der Waals surface area contributed by atoms with Gasteiger partial charge in [0.2, 0.25) is 0 Å². The van der Waals surface area contributed by atoms with Gasteiger partial charge in [0.15, 0.2) is 0 Å². The van der Waals surface area contributed by atoms with Crippen molar-refractivity contribution < 1.29 is 14.3 Å². The van der Waals surface area contributed by atoms with Gasteiger partial charge in [0, 0.05) is 18.1 Å². The molecule has 0 spiro atoms. The summed E-state index contributed by atoms with van der Waals surface area (Å²) in [4.78, 5) is 30.8. The Balaban J connectivity index is 1.69. The number of hydrogen-bond donors (Lipinski definition) is 0. The topological polar surface area (TPSA) is 49.9 Å². The first-order valence-electron chi connectivity index (χ1n) is 10.6. The number of amides is 2. The van der Waals surface area contributed by atoms with Crippen molar-refractivity contribution in [1.29, 1.82) is 0 Å². The lowest BCUT2D eigenvalue weighted by Gasteiger charge is -2.22. The number of methoxy groups -OCH3 is 1. The van der Waals surface area contributed by atoms with Gasteiger partial charge in [-0.2, -0.15) is 0 Å². The van der Waals surface area contributed by atoms with E-state index in [0.717, 1.165) is 16.5 Å². The number of ether oxygens (including phenoxy) is 1. The maximum Gasteiger partial charge on any atom is 0.282 e. The molecular weight excluding hydrogens is 412 g/mol. The Hall–Kier alpha value is -4.38. The van der Waals surface area contributed by atoms with Gasteiger partial charge >= 0.3 is 0 Å². The lowest BCUT2D eigenvalue weighted by atomic mass is 10.0. The van der Waals surface area contributed by atoms with Gasteiger partial charge < -0.3 is 9.64 Å². The van der Waals surface area contributed by atoms with E-state index in [9.17, 15) is 9.59 Å². The van der Waals surface area contributed by atoms with E-state index in [4.69, 9.17) is 4.74 Å². The molecule has 0 radical (unpaired) electrons. The average molecular weight is 434 g/mol. The molecule has 5 heteroatoms. The molecule has 4 aromatic carbocycles. The van der Waals surface area contributed by atoms with Crippen molar-refractivity contribution in [1.82, 2.24) is 0 Å². The molecule has 0 fully saturated rings. The molecule has 1 aliphatic rings.